The molecule has 0 unspecified atom stereocenters. The van der Waals surface area contributed by atoms with Gasteiger partial charge in [-0.1, -0.05) is 6.42 Å². The van der Waals surface area contributed by atoms with E-state index in [0.29, 0.717) is 11.3 Å². The average molecular weight is 292 g/mol. The molecule has 1 aliphatic rings. The van der Waals surface area contributed by atoms with E-state index in [-0.39, 0.29) is 5.82 Å². The largest absolute Gasteiger partial charge is 0.398 e. The molecule has 1 aliphatic heterocycles. The lowest BCUT2D eigenvalue weighted by Crippen LogP contribution is -2.02. The Kier molecular flexibility index (Phi) is 3.65. The zero-order chi connectivity index (χ0) is 14.1. The highest BCUT2D eigenvalue weighted by atomic mass is 32.2. The lowest BCUT2D eigenvalue weighted by molar-refractivity contribution is 0.591. The standard InChI is InChI=1S/C14H17FN4S/c1-9-7-12(11(16)8-10(9)15)20-14-18-17-13-5-3-2-4-6-19(13)14/h7-8H,2-6,16H2,1H3. The van der Waals surface area contributed by atoms with Crippen molar-refractivity contribution < 1.29 is 4.39 Å². The molecule has 3 rings (SSSR count). The monoisotopic (exact) mass is 292 g/mol. The molecule has 1 aromatic heterocycles. The Morgan fingerprint density at radius 1 is 1.25 bits per heavy atom. The number of anilines is 1. The molecule has 0 aliphatic carbocycles. The van der Waals surface area contributed by atoms with E-state index < -0.39 is 0 Å². The van der Waals surface area contributed by atoms with Crippen LogP contribution in [-0.2, 0) is 13.0 Å². The zero-order valence-electron chi connectivity index (χ0n) is 11.4. The van der Waals surface area contributed by atoms with Crippen LogP contribution in [0.4, 0.5) is 10.1 Å². The first kappa shape index (κ1) is 13.4. The van der Waals surface area contributed by atoms with Gasteiger partial charge in [0.05, 0.1) is 0 Å². The summed E-state index contributed by atoms with van der Waals surface area (Å²) < 4.78 is 15.6. The molecular formula is C14H17FN4S. The van der Waals surface area contributed by atoms with Crippen molar-refractivity contribution in [2.75, 3.05) is 5.73 Å². The number of hydrogen-bond acceptors (Lipinski definition) is 4. The van der Waals surface area contributed by atoms with Crippen LogP contribution >= 0.6 is 11.8 Å². The fraction of sp³-hybridized carbons (Fsp3) is 0.429. The van der Waals surface area contributed by atoms with E-state index in [1.807, 2.05) is 0 Å². The van der Waals surface area contributed by atoms with Gasteiger partial charge in [0.1, 0.15) is 11.6 Å². The van der Waals surface area contributed by atoms with E-state index in [1.54, 1.807) is 13.0 Å². The van der Waals surface area contributed by atoms with Crippen molar-refractivity contribution >= 4 is 17.4 Å². The molecule has 0 bridgehead atoms. The van der Waals surface area contributed by atoms with Crippen LogP contribution in [0.25, 0.3) is 0 Å². The molecule has 1 aromatic carbocycles. The summed E-state index contributed by atoms with van der Waals surface area (Å²) in [6.45, 7) is 2.69. The number of rotatable bonds is 2. The Bertz CT molecular complexity index is 638. The first-order valence-electron chi connectivity index (χ1n) is 6.80. The van der Waals surface area contributed by atoms with Crippen LogP contribution in [0.3, 0.4) is 0 Å². The van der Waals surface area contributed by atoms with Gasteiger partial charge in [-0.2, -0.15) is 0 Å². The number of nitrogens with two attached hydrogens (primary N) is 1. The summed E-state index contributed by atoms with van der Waals surface area (Å²) in [6.07, 6.45) is 4.52. The number of aryl methyl sites for hydroxylation is 2. The Morgan fingerprint density at radius 2 is 2.10 bits per heavy atom. The van der Waals surface area contributed by atoms with Crippen LogP contribution < -0.4 is 5.73 Å². The van der Waals surface area contributed by atoms with Crippen LogP contribution in [0.1, 0.15) is 30.7 Å². The van der Waals surface area contributed by atoms with Crippen LogP contribution in [0.2, 0.25) is 0 Å². The molecule has 0 radical (unpaired) electrons. The summed E-state index contributed by atoms with van der Waals surface area (Å²) in [4.78, 5) is 0.836. The van der Waals surface area contributed by atoms with Crippen molar-refractivity contribution in [3.63, 3.8) is 0 Å². The molecule has 2 heterocycles. The first-order valence-corrected chi connectivity index (χ1v) is 7.62. The minimum atomic E-state index is -0.271. The van der Waals surface area contributed by atoms with Crippen molar-refractivity contribution in [2.24, 2.45) is 0 Å². The number of hydrogen-bond donors (Lipinski definition) is 1. The van der Waals surface area contributed by atoms with Gasteiger partial charge in [0.15, 0.2) is 5.16 Å². The summed E-state index contributed by atoms with van der Waals surface area (Å²) >= 11 is 1.47. The van der Waals surface area contributed by atoms with E-state index in [1.165, 1.54) is 30.7 Å². The van der Waals surface area contributed by atoms with Gasteiger partial charge in [0, 0.05) is 23.5 Å². The van der Waals surface area contributed by atoms with Crippen LogP contribution in [0, 0.1) is 12.7 Å². The molecule has 0 spiro atoms. The van der Waals surface area contributed by atoms with Gasteiger partial charge in [-0.15, -0.1) is 10.2 Å². The molecule has 0 amide bonds. The second-order valence-electron chi connectivity index (χ2n) is 5.10. The lowest BCUT2D eigenvalue weighted by atomic mass is 10.2. The highest BCUT2D eigenvalue weighted by Gasteiger charge is 2.17. The minimum absolute atomic E-state index is 0.271. The maximum Gasteiger partial charge on any atom is 0.196 e. The Morgan fingerprint density at radius 3 is 2.95 bits per heavy atom. The number of aromatic nitrogens is 3. The Hall–Kier alpha value is -1.56. The van der Waals surface area contributed by atoms with Gasteiger partial charge in [-0.3, -0.25) is 0 Å². The van der Waals surface area contributed by atoms with Crippen LogP contribution in [0.15, 0.2) is 22.2 Å². The third kappa shape index (κ3) is 2.52. The van der Waals surface area contributed by atoms with Crippen molar-refractivity contribution in [1.82, 2.24) is 14.8 Å². The first-order chi connectivity index (χ1) is 9.65. The SMILES string of the molecule is Cc1cc(Sc2nnc3n2CCCCC3)c(N)cc1F. The third-order valence-corrected chi connectivity index (χ3v) is 4.63. The van der Waals surface area contributed by atoms with E-state index in [0.717, 1.165) is 35.3 Å². The number of fused-ring (bicyclic) bond motifs is 1. The van der Waals surface area contributed by atoms with Gasteiger partial charge >= 0.3 is 0 Å². The van der Waals surface area contributed by atoms with E-state index in [9.17, 15) is 4.39 Å². The predicted octanol–water partition coefficient (Wildman–Crippen LogP) is 3.19. The molecular weight excluding hydrogens is 275 g/mol. The van der Waals surface area contributed by atoms with Crippen LogP contribution in [-0.4, -0.2) is 14.8 Å². The predicted molar refractivity (Wildman–Crippen MR) is 77.2 cm³/mol. The molecule has 106 valence electrons. The quantitative estimate of drug-likeness (QED) is 0.864. The third-order valence-electron chi connectivity index (χ3n) is 3.57. The summed E-state index contributed by atoms with van der Waals surface area (Å²) in [5.41, 5.74) is 6.94. The highest BCUT2D eigenvalue weighted by Crippen LogP contribution is 2.33. The fourth-order valence-electron chi connectivity index (χ4n) is 2.39. The van der Waals surface area contributed by atoms with Gasteiger partial charge in [-0.05, 0) is 49.2 Å². The number of benzene rings is 1. The van der Waals surface area contributed by atoms with Gasteiger partial charge < -0.3 is 10.3 Å². The average Bonchev–Trinajstić information content (AvgIpc) is 2.65. The minimum Gasteiger partial charge on any atom is -0.398 e. The summed E-state index contributed by atoms with van der Waals surface area (Å²) in [5, 5.41) is 9.36. The van der Waals surface area contributed by atoms with E-state index >= 15 is 0 Å². The number of halogens is 1. The zero-order valence-corrected chi connectivity index (χ0v) is 12.2. The van der Waals surface area contributed by atoms with Gasteiger partial charge in [-0.25, -0.2) is 4.39 Å². The van der Waals surface area contributed by atoms with Crippen molar-refractivity contribution in [1.29, 1.82) is 0 Å². The van der Waals surface area contributed by atoms with Crippen molar-refractivity contribution in [2.45, 2.75) is 49.2 Å². The molecule has 4 nitrogen and oxygen atoms in total. The molecule has 0 atom stereocenters. The molecule has 0 saturated heterocycles. The Labute approximate surface area is 121 Å². The Balaban J connectivity index is 1.92. The van der Waals surface area contributed by atoms with Gasteiger partial charge in [0.2, 0.25) is 0 Å². The summed E-state index contributed by atoms with van der Waals surface area (Å²) in [7, 11) is 0. The molecule has 2 aromatic rings. The van der Waals surface area contributed by atoms with E-state index in [2.05, 4.69) is 14.8 Å². The summed E-state index contributed by atoms with van der Waals surface area (Å²) in [6, 6.07) is 3.14. The molecule has 0 fully saturated rings. The summed E-state index contributed by atoms with van der Waals surface area (Å²) in [5.74, 6) is 0.773. The maximum atomic E-state index is 13.4. The van der Waals surface area contributed by atoms with Crippen molar-refractivity contribution in [3.05, 3.63) is 29.3 Å². The second kappa shape index (κ2) is 5.44. The number of nitrogens with zero attached hydrogens (tertiary/aromatic N) is 3. The van der Waals surface area contributed by atoms with E-state index in [4.69, 9.17) is 5.73 Å². The van der Waals surface area contributed by atoms with Gasteiger partial charge in [0.25, 0.3) is 0 Å². The second-order valence-corrected chi connectivity index (χ2v) is 6.11. The lowest BCUT2D eigenvalue weighted by Gasteiger charge is -2.09. The fourth-order valence-corrected chi connectivity index (χ4v) is 3.39. The molecule has 2 N–H and O–H groups in total. The topological polar surface area (TPSA) is 56.7 Å². The molecule has 6 heteroatoms. The normalized spacial score (nSPS) is 14.9. The van der Waals surface area contributed by atoms with Crippen LogP contribution in [0.5, 0.6) is 0 Å². The highest BCUT2D eigenvalue weighted by molar-refractivity contribution is 7.99. The maximum absolute atomic E-state index is 13.4. The van der Waals surface area contributed by atoms with Crippen molar-refractivity contribution in [3.8, 4) is 0 Å². The smallest absolute Gasteiger partial charge is 0.196 e. The molecule has 20 heavy (non-hydrogen) atoms. The molecule has 0 saturated carbocycles. The number of nitrogen functional groups attached to an aromatic ring is 1.